The van der Waals surface area contributed by atoms with Crippen LogP contribution in [0.3, 0.4) is 0 Å². The van der Waals surface area contributed by atoms with Crippen LogP contribution in [0.1, 0.15) is 37.8 Å². The first-order valence-electron chi connectivity index (χ1n) is 14.2. The van der Waals surface area contributed by atoms with E-state index in [1.165, 1.54) is 4.90 Å². The van der Waals surface area contributed by atoms with Crippen molar-refractivity contribution in [3.05, 3.63) is 71.8 Å². The predicted molar refractivity (Wildman–Crippen MR) is 151 cm³/mol. The maximum atomic E-state index is 12.1. The number of hydrogen-bond acceptors (Lipinski definition) is 10. The monoisotopic (exact) mass is 598 g/mol. The topological polar surface area (TPSA) is 152 Å². The van der Waals surface area contributed by atoms with Gasteiger partial charge in [-0.1, -0.05) is 60.7 Å². The van der Waals surface area contributed by atoms with Gasteiger partial charge < -0.3 is 29.2 Å². The van der Waals surface area contributed by atoms with Gasteiger partial charge in [-0.3, -0.25) is 9.59 Å². The second-order valence-corrected chi connectivity index (χ2v) is 11.1. The molecule has 0 radical (unpaired) electrons. The highest BCUT2D eigenvalue weighted by Crippen LogP contribution is 2.32. The zero-order chi connectivity index (χ0) is 31.0. The Morgan fingerprint density at radius 1 is 0.884 bits per heavy atom. The van der Waals surface area contributed by atoms with Crippen LogP contribution in [0, 0.1) is 11.8 Å². The fourth-order valence-corrected chi connectivity index (χ4v) is 5.02. The minimum atomic E-state index is -0.995. The SMILES string of the molecule is CC1(C)OC[C@H]([C@H]2CC(=O)N(C(=O)OCc3ccccc3)C2)O1.O=C1C[C@H]([C@H](O)CO)CN1C(=O)OCc1ccccc1. The van der Waals surface area contributed by atoms with Gasteiger partial charge in [-0.2, -0.15) is 0 Å². The van der Waals surface area contributed by atoms with Gasteiger partial charge >= 0.3 is 12.2 Å². The number of nitrogens with zero attached hydrogens (tertiary/aromatic N) is 2. The molecule has 0 aliphatic carbocycles. The molecular weight excluding hydrogens is 560 g/mol. The minimum absolute atomic E-state index is 0.0438. The van der Waals surface area contributed by atoms with Crippen LogP contribution >= 0.6 is 0 Å². The zero-order valence-corrected chi connectivity index (χ0v) is 24.3. The molecule has 43 heavy (non-hydrogen) atoms. The van der Waals surface area contributed by atoms with Gasteiger partial charge in [-0.15, -0.1) is 0 Å². The van der Waals surface area contributed by atoms with Crippen molar-refractivity contribution in [1.29, 1.82) is 0 Å². The van der Waals surface area contributed by atoms with E-state index in [2.05, 4.69) is 0 Å². The number of benzene rings is 2. The van der Waals surface area contributed by atoms with Crippen molar-refractivity contribution in [2.24, 2.45) is 11.8 Å². The van der Waals surface area contributed by atoms with Gasteiger partial charge in [0.05, 0.1) is 25.4 Å². The Morgan fingerprint density at radius 2 is 1.40 bits per heavy atom. The maximum absolute atomic E-state index is 12.1. The van der Waals surface area contributed by atoms with E-state index < -0.39 is 36.6 Å². The van der Waals surface area contributed by atoms with Crippen molar-refractivity contribution in [1.82, 2.24) is 9.80 Å². The Labute approximate surface area is 250 Å². The third kappa shape index (κ3) is 8.83. The molecule has 2 aromatic rings. The van der Waals surface area contributed by atoms with E-state index >= 15 is 0 Å². The van der Waals surface area contributed by atoms with Gasteiger partial charge in [0.25, 0.3) is 0 Å². The van der Waals surface area contributed by atoms with Gasteiger partial charge in [-0.05, 0) is 25.0 Å². The number of carbonyl (C=O) groups excluding carboxylic acids is 4. The molecule has 12 nitrogen and oxygen atoms in total. The number of imide groups is 2. The average molecular weight is 599 g/mol. The lowest BCUT2D eigenvalue weighted by Gasteiger charge is -2.20. The Morgan fingerprint density at radius 3 is 1.88 bits per heavy atom. The van der Waals surface area contributed by atoms with Crippen LogP contribution in [0.25, 0.3) is 0 Å². The first-order valence-corrected chi connectivity index (χ1v) is 14.2. The molecule has 3 fully saturated rings. The highest BCUT2D eigenvalue weighted by Gasteiger charge is 2.44. The minimum Gasteiger partial charge on any atom is -0.444 e. The molecule has 0 aromatic heterocycles. The fourth-order valence-electron chi connectivity index (χ4n) is 5.02. The Hall–Kier alpha value is -3.84. The number of ether oxygens (including phenoxy) is 4. The van der Waals surface area contributed by atoms with Crippen molar-refractivity contribution < 1.29 is 48.3 Å². The van der Waals surface area contributed by atoms with Crippen LogP contribution in [0.4, 0.5) is 9.59 Å². The molecule has 12 heteroatoms. The summed E-state index contributed by atoms with van der Waals surface area (Å²) in [5.41, 5.74) is 1.72. The van der Waals surface area contributed by atoms with Gasteiger partial charge in [-0.25, -0.2) is 19.4 Å². The largest absolute Gasteiger partial charge is 0.444 e. The van der Waals surface area contributed by atoms with Gasteiger partial charge in [0.2, 0.25) is 11.8 Å². The number of aliphatic hydroxyl groups excluding tert-OH is 2. The summed E-state index contributed by atoms with van der Waals surface area (Å²) in [6.07, 6.45) is -2.15. The number of likely N-dealkylation sites (tertiary alicyclic amines) is 2. The summed E-state index contributed by atoms with van der Waals surface area (Å²) in [5.74, 6) is -1.72. The van der Waals surface area contributed by atoms with Gasteiger partial charge in [0.1, 0.15) is 13.2 Å². The van der Waals surface area contributed by atoms with E-state index in [4.69, 9.17) is 24.1 Å². The van der Waals surface area contributed by atoms with Crippen LogP contribution in [-0.2, 0) is 41.8 Å². The van der Waals surface area contributed by atoms with Crippen molar-refractivity contribution >= 4 is 24.0 Å². The highest BCUT2D eigenvalue weighted by atomic mass is 16.7. The lowest BCUT2D eigenvalue weighted by molar-refractivity contribution is -0.144. The van der Waals surface area contributed by atoms with Crippen molar-refractivity contribution in [3.63, 3.8) is 0 Å². The highest BCUT2D eigenvalue weighted by molar-refractivity contribution is 5.94. The van der Waals surface area contributed by atoms with E-state index in [9.17, 15) is 24.3 Å². The molecule has 2 N–H and O–H groups in total. The predicted octanol–water partition coefficient (Wildman–Crippen LogP) is 2.85. The number of hydrogen-bond donors (Lipinski definition) is 2. The van der Waals surface area contributed by atoms with Crippen molar-refractivity contribution in [3.8, 4) is 0 Å². The van der Waals surface area contributed by atoms with Crippen LogP contribution in [0.2, 0.25) is 0 Å². The Balaban J connectivity index is 0.000000199. The molecule has 4 amide bonds. The molecular formula is C31H38N2O10. The van der Waals surface area contributed by atoms with Crippen molar-refractivity contribution in [2.75, 3.05) is 26.3 Å². The lowest BCUT2D eigenvalue weighted by atomic mass is 10.0. The van der Waals surface area contributed by atoms with E-state index in [0.717, 1.165) is 16.0 Å². The summed E-state index contributed by atoms with van der Waals surface area (Å²) in [5, 5.41) is 18.4. The second-order valence-electron chi connectivity index (χ2n) is 11.1. The average Bonchev–Trinajstić information content (AvgIpc) is 3.71. The molecule has 3 saturated heterocycles. The maximum Gasteiger partial charge on any atom is 0.416 e. The number of rotatable bonds is 7. The summed E-state index contributed by atoms with van der Waals surface area (Å²) in [6.45, 7) is 4.35. The Kier molecular flexibility index (Phi) is 10.9. The summed E-state index contributed by atoms with van der Waals surface area (Å²) in [4.78, 5) is 49.9. The lowest BCUT2D eigenvalue weighted by Crippen LogP contribution is -2.34. The van der Waals surface area contributed by atoms with Crippen LogP contribution in [-0.4, -0.2) is 88.3 Å². The molecule has 4 atom stereocenters. The van der Waals surface area contributed by atoms with E-state index in [-0.39, 0.29) is 56.4 Å². The first-order chi connectivity index (χ1) is 20.6. The second kappa shape index (κ2) is 14.6. The molecule has 3 aliphatic rings. The fraction of sp³-hybridized carbons (Fsp3) is 0.484. The molecule has 0 saturated carbocycles. The van der Waals surface area contributed by atoms with E-state index in [1.807, 2.05) is 74.5 Å². The molecule has 5 rings (SSSR count). The van der Waals surface area contributed by atoms with Gasteiger partial charge in [0, 0.05) is 37.8 Å². The molecule has 232 valence electrons. The smallest absolute Gasteiger partial charge is 0.416 e. The van der Waals surface area contributed by atoms with Crippen LogP contribution in [0.5, 0.6) is 0 Å². The first kappa shape index (κ1) is 32.1. The molecule has 0 bridgehead atoms. The number of carbonyl (C=O) groups is 4. The quantitative estimate of drug-likeness (QED) is 0.487. The molecule has 0 unspecified atom stereocenters. The summed E-state index contributed by atoms with van der Waals surface area (Å²) >= 11 is 0. The van der Waals surface area contributed by atoms with Crippen LogP contribution < -0.4 is 0 Å². The van der Waals surface area contributed by atoms with E-state index in [0.29, 0.717) is 13.2 Å². The number of amides is 4. The molecule has 3 heterocycles. The summed E-state index contributed by atoms with van der Waals surface area (Å²) in [6, 6.07) is 18.5. The van der Waals surface area contributed by atoms with Gasteiger partial charge in [0.15, 0.2) is 5.79 Å². The molecule has 3 aliphatic heterocycles. The standard InChI is InChI=1S/C17H21NO5.C14H17NO5/c1-17(2)22-11-14(23-17)13-8-15(19)18(9-13)16(20)21-10-12-6-4-3-5-7-12;16-8-12(17)11-6-13(18)15(7-11)14(19)20-9-10-4-2-1-3-5-10/h3-7,13-14H,8-11H2,1-2H3;1-5,11-12,16-17H,6-9H2/t13-,14+;11-,12+/m00/s1. The number of aliphatic hydroxyl groups is 2. The Bertz CT molecular complexity index is 1260. The molecule has 2 aromatic carbocycles. The summed E-state index contributed by atoms with van der Waals surface area (Å²) in [7, 11) is 0. The molecule has 0 spiro atoms. The normalized spacial score (nSPS) is 23.5. The zero-order valence-electron chi connectivity index (χ0n) is 24.3. The van der Waals surface area contributed by atoms with Crippen molar-refractivity contribution in [2.45, 2.75) is 57.9 Å². The summed E-state index contributed by atoms with van der Waals surface area (Å²) < 4.78 is 21.6. The third-order valence-corrected chi connectivity index (χ3v) is 7.45. The van der Waals surface area contributed by atoms with E-state index in [1.54, 1.807) is 0 Å². The third-order valence-electron chi connectivity index (χ3n) is 7.45. The van der Waals surface area contributed by atoms with Crippen LogP contribution in [0.15, 0.2) is 60.7 Å².